The maximum absolute atomic E-state index is 11.9. The van der Waals surface area contributed by atoms with Crippen LogP contribution in [0.1, 0.15) is 35.6 Å². The van der Waals surface area contributed by atoms with Crippen molar-refractivity contribution in [3.05, 3.63) is 53.3 Å². The summed E-state index contributed by atoms with van der Waals surface area (Å²) in [6.07, 6.45) is 0. The van der Waals surface area contributed by atoms with Crippen LogP contribution >= 0.6 is 0 Å². The highest BCUT2D eigenvalue weighted by atomic mass is 16.5. The average Bonchev–Trinajstić information content (AvgIpc) is 2.91. The highest BCUT2D eigenvalue weighted by Crippen LogP contribution is 2.34. The minimum absolute atomic E-state index is 0.406. The number of H-pyrrole nitrogens is 1. The molecule has 1 heterocycles. The zero-order valence-electron chi connectivity index (χ0n) is 14.2. The van der Waals surface area contributed by atoms with Crippen LogP contribution in [0, 0.1) is 6.92 Å². The second-order valence-corrected chi connectivity index (χ2v) is 6.37. The first kappa shape index (κ1) is 16.2. The summed E-state index contributed by atoms with van der Waals surface area (Å²) in [5.74, 6) is 0.435. The number of aromatic amines is 1. The highest BCUT2D eigenvalue weighted by Gasteiger charge is 2.22. The zero-order valence-corrected chi connectivity index (χ0v) is 14.2. The van der Waals surface area contributed by atoms with E-state index in [9.17, 15) is 9.90 Å². The Hall–Kier alpha value is -2.66. The normalized spacial score (nSPS) is 11.7. The van der Waals surface area contributed by atoms with Crippen LogP contribution in [-0.2, 0) is 10.3 Å². The van der Waals surface area contributed by atoms with Crippen molar-refractivity contribution in [3.63, 3.8) is 0 Å². The van der Waals surface area contributed by atoms with Crippen molar-refractivity contribution in [2.24, 2.45) is 0 Å². The van der Waals surface area contributed by atoms with Crippen LogP contribution in [0.5, 0.6) is 0 Å². The summed E-state index contributed by atoms with van der Waals surface area (Å²) in [4.78, 5) is 19.5. The van der Waals surface area contributed by atoms with Gasteiger partial charge in [0.1, 0.15) is 5.82 Å². The molecule has 0 aliphatic rings. The summed E-state index contributed by atoms with van der Waals surface area (Å²) < 4.78 is 4.81. The van der Waals surface area contributed by atoms with E-state index in [-0.39, 0.29) is 0 Å². The molecule has 0 fully saturated rings. The molecule has 0 bridgehead atoms. The van der Waals surface area contributed by atoms with Gasteiger partial charge in [0.15, 0.2) is 0 Å². The first-order valence-electron chi connectivity index (χ1n) is 7.71. The summed E-state index contributed by atoms with van der Waals surface area (Å²) in [5.41, 5.74) is 3.63. The molecule has 3 rings (SSSR count). The number of nitrogens with one attached hydrogen (secondary N) is 1. The van der Waals surface area contributed by atoms with Gasteiger partial charge in [0.25, 0.3) is 0 Å². The van der Waals surface area contributed by atoms with Gasteiger partial charge in [-0.3, -0.25) is 0 Å². The van der Waals surface area contributed by atoms with Gasteiger partial charge in [-0.05, 0) is 61.7 Å². The second-order valence-electron chi connectivity index (χ2n) is 6.37. The number of carbonyl (C=O) groups is 1. The summed E-state index contributed by atoms with van der Waals surface area (Å²) in [5, 5.41) is 10.5. The van der Waals surface area contributed by atoms with Crippen molar-refractivity contribution in [1.82, 2.24) is 9.97 Å². The van der Waals surface area contributed by atoms with E-state index in [4.69, 9.17) is 4.74 Å². The van der Waals surface area contributed by atoms with Crippen LogP contribution in [0.25, 0.3) is 22.2 Å². The molecule has 24 heavy (non-hydrogen) atoms. The van der Waals surface area contributed by atoms with Crippen LogP contribution in [-0.4, -0.2) is 28.2 Å². The topological polar surface area (TPSA) is 75.2 Å². The molecule has 2 N–H and O–H groups in total. The second kappa shape index (κ2) is 5.76. The predicted octanol–water partition coefficient (Wildman–Crippen LogP) is 3.55. The molecule has 0 atom stereocenters. The van der Waals surface area contributed by atoms with Gasteiger partial charge >= 0.3 is 5.97 Å². The third-order valence-electron chi connectivity index (χ3n) is 4.01. The standard InChI is InChI=1S/C19H20N2O3/c1-11-20-16-8-6-12(10-17(16)21-11)14-9-13(18(22)24-4)5-7-15(14)19(2,3)23/h5-10,23H,1-4H3,(H,20,21). The fraction of sp³-hybridized carbons (Fsp3) is 0.263. The lowest BCUT2D eigenvalue weighted by molar-refractivity contribution is 0.0598. The average molecular weight is 324 g/mol. The lowest BCUT2D eigenvalue weighted by atomic mass is 9.88. The predicted molar refractivity (Wildman–Crippen MR) is 92.9 cm³/mol. The van der Waals surface area contributed by atoms with Crippen molar-refractivity contribution in [1.29, 1.82) is 0 Å². The van der Waals surface area contributed by atoms with Gasteiger partial charge in [0, 0.05) is 0 Å². The van der Waals surface area contributed by atoms with E-state index in [1.807, 2.05) is 25.1 Å². The number of aromatic nitrogens is 2. The number of rotatable bonds is 3. The minimum atomic E-state index is -1.04. The third-order valence-corrected chi connectivity index (χ3v) is 4.01. The number of imidazole rings is 1. The quantitative estimate of drug-likeness (QED) is 0.722. The number of benzene rings is 2. The van der Waals surface area contributed by atoms with E-state index >= 15 is 0 Å². The Morgan fingerprint density at radius 3 is 2.62 bits per heavy atom. The number of aliphatic hydroxyl groups is 1. The van der Waals surface area contributed by atoms with Gasteiger partial charge in [-0.15, -0.1) is 0 Å². The Morgan fingerprint density at radius 2 is 1.96 bits per heavy atom. The summed E-state index contributed by atoms with van der Waals surface area (Å²) in [7, 11) is 1.35. The smallest absolute Gasteiger partial charge is 0.337 e. The number of nitrogens with zero attached hydrogens (tertiary/aromatic N) is 1. The van der Waals surface area contributed by atoms with Crippen molar-refractivity contribution < 1.29 is 14.6 Å². The van der Waals surface area contributed by atoms with Crippen LogP contribution in [0.15, 0.2) is 36.4 Å². The molecular weight excluding hydrogens is 304 g/mol. The fourth-order valence-corrected chi connectivity index (χ4v) is 2.87. The van der Waals surface area contributed by atoms with E-state index in [1.54, 1.807) is 32.0 Å². The lowest BCUT2D eigenvalue weighted by Crippen LogP contribution is -2.17. The van der Waals surface area contributed by atoms with E-state index in [2.05, 4.69) is 9.97 Å². The van der Waals surface area contributed by atoms with Gasteiger partial charge in [-0.1, -0.05) is 12.1 Å². The molecule has 0 amide bonds. The third kappa shape index (κ3) is 2.90. The Balaban J connectivity index is 2.23. The summed E-state index contributed by atoms with van der Waals surface area (Å²) >= 11 is 0. The van der Waals surface area contributed by atoms with Gasteiger partial charge in [-0.25, -0.2) is 9.78 Å². The Labute approximate surface area is 140 Å². The number of carbonyl (C=O) groups excluding carboxylic acids is 1. The molecule has 5 nitrogen and oxygen atoms in total. The van der Waals surface area contributed by atoms with Gasteiger partial charge < -0.3 is 14.8 Å². The largest absolute Gasteiger partial charge is 0.465 e. The Kier molecular flexibility index (Phi) is 3.89. The molecule has 0 aliphatic heterocycles. The number of methoxy groups -OCH3 is 1. The van der Waals surface area contributed by atoms with Crippen LogP contribution in [0.2, 0.25) is 0 Å². The van der Waals surface area contributed by atoms with E-state index in [0.717, 1.165) is 33.5 Å². The number of ether oxygens (including phenoxy) is 1. The van der Waals surface area contributed by atoms with Crippen molar-refractivity contribution in [2.75, 3.05) is 7.11 Å². The molecule has 2 aromatic carbocycles. The van der Waals surface area contributed by atoms with E-state index in [0.29, 0.717) is 5.56 Å². The molecule has 124 valence electrons. The highest BCUT2D eigenvalue weighted by molar-refractivity contribution is 5.92. The molecule has 0 radical (unpaired) electrons. The molecule has 3 aromatic rings. The zero-order chi connectivity index (χ0) is 17.5. The summed E-state index contributed by atoms with van der Waals surface area (Å²) in [6.45, 7) is 5.35. The maximum atomic E-state index is 11.9. The maximum Gasteiger partial charge on any atom is 0.337 e. The van der Waals surface area contributed by atoms with Crippen molar-refractivity contribution in [3.8, 4) is 11.1 Å². The molecule has 0 saturated carbocycles. The molecule has 1 aromatic heterocycles. The van der Waals surface area contributed by atoms with Gasteiger partial charge in [-0.2, -0.15) is 0 Å². The first-order valence-corrected chi connectivity index (χ1v) is 7.71. The molecular formula is C19H20N2O3. The number of aryl methyl sites for hydroxylation is 1. The van der Waals surface area contributed by atoms with Gasteiger partial charge in [0.05, 0.1) is 29.3 Å². The van der Waals surface area contributed by atoms with E-state index < -0.39 is 11.6 Å². The number of esters is 1. The summed E-state index contributed by atoms with van der Waals surface area (Å²) in [6, 6.07) is 11.0. The number of hydrogen-bond donors (Lipinski definition) is 2. The molecule has 0 aliphatic carbocycles. The van der Waals surface area contributed by atoms with Crippen molar-refractivity contribution >= 4 is 17.0 Å². The number of hydrogen-bond acceptors (Lipinski definition) is 4. The lowest BCUT2D eigenvalue weighted by Gasteiger charge is -2.22. The van der Waals surface area contributed by atoms with Crippen LogP contribution < -0.4 is 0 Å². The minimum Gasteiger partial charge on any atom is -0.465 e. The fourth-order valence-electron chi connectivity index (χ4n) is 2.87. The van der Waals surface area contributed by atoms with Crippen LogP contribution in [0.3, 0.4) is 0 Å². The van der Waals surface area contributed by atoms with Gasteiger partial charge in [0.2, 0.25) is 0 Å². The molecule has 5 heteroatoms. The molecule has 0 unspecified atom stereocenters. The number of fused-ring (bicyclic) bond motifs is 1. The molecule has 0 spiro atoms. The molecule has 0 saturated heterocycles. The first-order chi connectivity index (χ1) is 11.3. The monoisotopic (exact) mass is 324 g/mol. The van der Waals surface area contributed by atoms with E-state index in [1.165, 1.54) is 7.11 Å². The Morgan fingerprint density at radius 1 is 1.21 bits per heavy atom. The van der Waals surface area contributed by atoms with Crippen LogP contribution in [0.4, 0.5) is 0 Å². The van der Waals surface area contributed by atoms with Crippen molar-refractivity contribution in [2.45, 2.75) is 26.4 Å². The SMILES string of the molecule is COC(=O)c1ccc(C(C)(C)O)c(-c2ccc3nc(C)[nH]c3c2)c1. The Bertz CT molecular complexity index is 920.